The molecule has 3 aromatic heterocycles. The van der Waals surface area contributed by atoms with E-state index in [9.17, 15) is 17.6 Å². The highest BCUT2D eigenvalue weighted by Gasteiger charge is 2.13. The zero-order valence-electron chi connectivity index (χ0n) is 14.2. The van der Waals surface area contributed by atoms with E-state index in [1.54, 1.807) is 0 Å². The highest BCUT2D eigenvalue weighted by atomic mass is 19.3. The lowest BCUT2D eigenvalue weighted by Gasteiger charge is -2.07. The molecule has 0 radical (unpaired) electrons. The predicted octanol–water partition coefficient (Wildman–Crippen LogP) is 3.36. The van der Waals surface area contributed by atoms with Gasteiger partial charge >= 0.3 is 0 Å². The molecule has 0 aliphatic carbocycles. The lowest BCUT2D eigenvalue weighted by Crippen LogP contribution is -2.07. The Labute approximate surface area is 155 Å². The highest BCUT2D eigenvalue weighted by molar-refractivity contribution is 5.75. The number of aromatic nitrogens is 6. The second kappa shape index (κ2) is 7.25. The van der Waals surface area contributed by atoms with Gasteiger partial charge < -0.3 is 5.32 Å². The normalized spacial score (nSPS) is 11.5. The lowest BCUT2D eigenvalue weighted by atomic mass is 10.2. The Morgan fingerprint density at radius 1 is 1.04 bits per heavy atom. The van der Waals surface area contributed by atoms with Gasteiger partial charge in [0.05, 0.1) is 30.0 Å². The summed E-state index contributed by atoms with van der Waals surface area (Å²) in [6, 6.07) is 3.63. The Hall–Kier alpha value is -3.50. The van der Waals surface area contributed by atoms with E-state index in [0.29, 0.717) is 16.7 Å². The largest absolute Gasteiger partial charge is 0.321 e. The van der Waals surface area contributed by atoms with Crippen molar-refractivity contribution in [1.29, 1.82) is 0 Å². The summed E-state index contributed by atoms with van der Waals surface area (Å²) in [6.45, 7) is -0.673. The SMILES string of the molecule is Fc1cccc(F)c1Cn1ncc2cnc(Nc3cnn(CC(F)F)c3)nc21. The van der Waals surface area contributed by atoms with Gasteiger partial charge in [-0.3, -0.25) is 4.68 Å². The maximum Gasteiger partial charge on any atom is 0.257 e. The third-order valence-corrected chi connectivity index (χ3v) is 3.96. The van der Waals surface area contributed by atoms with E-state index < -0.39 is 24.6 Å². The van der Waals surface area contributed by atoms with Crippen molar-refractivity contribution in [2.24, 2.45) is 0 Å². The molecule has 0 bridgehead atoms. The van der Waals surface area contributed by atoms with E-state index in [2.05, 4.69) is 25.5 Å². The first kappa shape index (κ1) is 17.9. The second-order valence-corrected chi connectivity index (χ2v) is 5.94. The van der Waals surface area contributed by atoms with Gasteiger partial charge in [0.1, 0.15) is 18.2 Å². The van der Waals surface area contributed by atoms with Crippen molar-refractivity contribution < 1.29 is 17.6 Å². The topological polar surface area (TPSA) is 73.5 Å². The smallest absolute Gasteiger partial charge is 0.257 e. The molecule has 11 heteroatoms. The fourth-order valence-corrected chi connectivity index (χ4v) is 2.67. The van der Waals surface area contributed by atoms with Crippen LogP contribution in [0.4, 0.5) is 29.2 Å². The van der Waals surface area contributed by atoms with E-state index in [0.717, 1.165) is 4.68 Å². The molecule has 0 spiro atoms. The number of halogens is 4. The maximum atomic E-state index is 13.9. The number of fused-ring (bicyclic) bond motifs is 1. The Bertz CT molecular complexity index is 1100. The van der Waals surface area contributed by atoms with Crippen LogP contribution in [0.15, 0.2) is 43.0 Å². The van der Waals surface area contributed by atoms with Gasteiger partial charge in [0.25, 0.3) is 6.43 Å². The Morgan fingerprint density at radius 3 is 2.57 bits per heavy atom. The third kappa shape index (κ3) is 3.63. The van der Waals surface area contributed by atoms with Crippen LogP contribution in [0.1, 0.15) is 5.56 Å². The summed E-state index contributed by atoms with van der Waals surface area (Å²) in [5.74, 6) is -1.19. The van der Waals surface area contributed by atoms with Gasteiger partial charge in [0, 0.05) is 18.0 Å². The molecule has 4 aromatic rings. The average Bonchev–Trinajstić information content (AvgIpc) is 3.24. The number of anilines is 2. The van der Waals surface area contributed by atoms with E-state index in [1.165, 1.54) is 47.7 Å². The minimum Gasteiger partial charge on any atom is -0.321 e. The molecule has 0 saturated heterocycles. The fourth-order valence-electron chi connectivity index (χ4n) is 2.67. The van der Waals surface area contributed by atoms with Gasteiger partial charge in [0.15, 0.2) is 5.65 Å². The third-order valence-electron chi connectivity index (χ3n) is 3.96. The van der Waals surface area contributed by atoms with Crippen LogP contribution < -0.4 is 5.32 Å². The van der Waals surface area contributed by atoms with Crippen LogP contribution in [0.2, 0.25) is 0 Å². The van der Waals surface area contributed by atoms with E-state index in [1.807, 2.05) is 0 Å². The van der Waals surface area contributed by atoms with Crippen molar-refractivity contribution in [3.8, 4) is 0 Å². The molecular formula is C17H13F4N7. The molecular weight excluding hydrogens is 378 g/mol. The standard InChI is InChI=1S/C17H13F4N7/c18-13-2-1-3-14(19)12(13)8-28-16-10(5-24-28)4-22-17(26-16)25-11-6-23-27(7-11)9-15(20)21/h1-7,15H,8-9H2,(H,22,25,26). The first-order valence-corrected chi connectivity index (χ1v) is 8.18. The Balaban J connectivity index is 1.60. The number of hydrogen-bond donors (Lipinski definition) is 1. The second-order valence-electron chi connectivity index (χ2n) is 5.94. The average molecular weight is 391 g/mol. The molecule has 0 aliphatic heterocycles. The molecule has 0 fully saturated rings. The van der Waals surface area contributed by atoms with E-state index in [-0.39, 0.29) is 18.1 Å². The van der Waals surface area contributed by atoms with Crippen molar-refractivity contribution >= 4 is 22.7 Å². The van der Waals surface area contributed by atoms with Gasteiger partial charge in [-0.05, 0) is 12.1 Å². The van der Waals surface area contributed by atoms with Crippen LogP contribution in [0.5, 0.6) is 0 Å². The molecule has 0 atom stereocenters. The first-order chi connectivity index (χ1) is 13.5. The van der Waals surface area contributed by atoms with Crippen LogP contribution in [0.25, 0.3) is 11.0 Å². The van der Waals surface area contributed by atoms with Crippen molar-refractivity contribution in [1.82, 2.24) is 29.5 Å². The van der Waals surface area contributed by atoms with Gasteiger partial charge in [-0.15, -0.1) is 0 Å². The summed E-state index contributed by atoms with van der Waals surface area (Å²) in [4.78, 5) is 8.42. The Kier molecular flexibility index (Phi) is 4.63. The van der Waals surface area contributed by atoms with Crippen molar-refractivity contribution in [3.63, 3.8) is 0 Å². The van der Waals surface area contributed by atoms with Gasteiger partial charge in [0.2, 0.25) is 5.95 Å². The number of benzene rings is 1. The molecule has 28 heavy (non-hydrogen) atoms. The number of alkyl halides is 2. The quantitative estimate of drug-likeness (QED) is 0.511. The minimum absolute atomic E-state index is 0.131. The molecule has 1 N–H and O–H groups in total. The molecule has 4 rings (SSSR count). The van der Waals surface area contributed by atoms with Crippen LogP contribution in [-0.2, 0) is 13.1 Å². The summed E-state index contributed by atoms with van der Waals surface area (Å²) in [5.41, 5.74) is 0.653. The molecule has 0 unspecified atom stereocenters. The number of nitrogens with one attached hydrogen (secondary N) is 1. The monoisotopic (exact) mass is 391 g/mol. The maximum absolute atomic E-state index is 13.9. The first-order valence-electron chi connectivity index (χ1n) is 8.18. The van der Waals surface area contributed by atoms with E-state index >= 15 is 0 Å². The molecule has 3 heterocycles. The van der Waals surface area contributed by atoms with Crippen LogP contribution in [-0.4, -0.2) is 36.0 Å². The van der Waals surface area contributed by atoms with Crippen molar-refractivity contribution in [2.45, 2.75) is 19.5 Å². The number of rotatable bonds is 6. The zero-order valence-corrected chi connectivity index (χ0v) is 14.2. The number of hydrogen-bond acceptors (Lipinski definition) is 5. The van der Waals surface area contributed by atoms with E-state index in [4.69, 9.17) is 0 Å². The number of nitrogens with zero attached hydrogens (tertiary/aromatic N) is 6. The predicted molar refractivity (Wildman–Crippen MR) is 92.3 cm³/mol. The summed E-state index contributed by atoms with van der Waals surface area (Å²) < 4.78 is 55.1. The highest BCUT2D eigenvalue weighted by Crippen LogP contribution is 2.19. The zero-order chi connectivity index (χ0) is 19.7. The van der Waals surface area contributed by atoms with Crippen molar-refractivity contribution in [3.05, 3.63) is 60.2 Å². The molecule has 144 valence electrons. The summed E-state index contributed by atoms with van der Waals surface area (Å²) in [5, 5.41) is 11.4. The van der Waals surface area contributed by atoms with Gasteiger partial charge in [-0.1, -0.05) is 6.07 Å². The van der Waals surface area contributed by atoms with Gasteiger partial charge in [-0.2, -0.15) is 15.2 Å². The molecule has 1 aromatic carbocycles. The minimum atomic E-state index is -2.52. The van der Waals surface area contributed by atoms with Crippen LogP contribution in [0, 0.1) is 11.6 Å². The molecule has 7 nitrogen and oxygen atoms in total. The summed E-state index contributed by atoms with van der Waals surface area (Å²) >= 11 is 0. The van der Waals surface area contributed by atoms with Crippen LogP contribution in [0.3, 0.4) is 0 Å². The van der Waals surface area contributed by atoms with Crippen LogP contribution >= 0.6 is 0 Å². The van der Waals surface area contributed by atoms with Crippen molar-refractivity contribution in [2.75, 3.05) is 5.32 Å². The van der Waals surface area contributed by atoms with Gasteiger partial charge in [-0.25, -0.2) is 27.2 Å². The summed E-state index contributed by atoms with van der Waals surface area (Å²) in [6.07, 6.45) is 3.22. The summed E-state index contributed by atoms with van der Waals surface area (Å²) in [7, 11) is 0. The lowest BCUT2D eigenvalue weighted by molar-refractivity contribution is 0.122. The molecule has 0 aliphatic rings. The Morgan fingerprint density at radius 2 is 1.82 bits per heavy atom. The molecule has 0 amide bonds. The fraction of sp³-hybridized carbons (Fsp3) is 0.176. The molecule has 0 saturated carbocycles.